The average Bonchev–Trinajstić information content (AvgIpc) is 2.98. The van der Waals surface area contributed by atoms with Crippen molar-refractivity contribution in [3.05, 3.63) is 41.5 Å². The fourth-order valence-corrected chi connectivity index (χ4v) is 4.39. The molecule has 0 aromatic heterocycles. The van der Waals surface area contributed by atoms with E-state index in [0.29, 0.717) is 19.3 Å². The van der Waals surface area contributed by atoms with Gasteiger partial charge in [0.25, 0.3) is 0 Å². The number of hydrogen-bond donors (Lipinski definition) is 4. The Balaban J connectivity index is 1.88. The largest absolute Gasteiger partial charge is 0.508 e. The summed E-state index contributed by atoms with van der Waals surface area (Å²) < 4.78 is 0. The lowest BCUT2D eigenvalue weighted by atomic mass is 9.88. The van der Waals surface area contributed by atoms with Crippen LogP contribution >= 0.6 is 0 Å². The van der Waals surface area contributed by atoms with Crippen LogP contribution in [0.1, 0.15) is 69.4 Å². The van der Waals surface area contributed by atoms with Crippen LogP contribution in [0.25, 0.3) is 0 Å². The lowest BCUT2D eigenvalue weighted by Gasteiger charge is -2.18. The Hall–Kier alpha value is -2.18. The number of benzene rings is 1. The van der Waals surface area contributed by atoms with E-state index >= 15 is 0 Å². The van der Waals surface area contributed by atoms with Gasteiger partial charge in [-0.25, -0.2) is 0 Å². The number of carboxylic acids is 1. The molecule has 0 radical (unpaired) electrons. The summed E-state index contributed by atoms with van der Waals surface area (Å²) in [6.07, 6.45) is 8.23. The lowest BCUT2D eigenvalue weighted by molar-refractivity contribution is -0.137. The van der Waals surface area contributed by atoms with Crippen molar-refractivity contribution in [2.24, 2.45) is 11.8 Å². The summed E-state index contributed by atoms with van der Waals surface area (Å²) in [6, 6.07) is 5.37. The Morgan fingerprint density at radius 1 is 1.23 bits per heavy atom. The fourth-order valence-electron chi connectivity index (χ4n) is 4.39. The van der Waals surface area contributed by atoms with Gasteiger partial charge >= 0.3 is 5.97 Å². The van der Waals surface area contributed by atoms with Gasteiger partial charge in [-0.3, -0.25) is 9.59 Å². The topological polar surface area (TPSA) is 115 Å². The molecule has 1 aliphatic carbocycles. The smallest absolute Gasteiger partial charge is 0.303 e. The highest BCUT2D eigenvalue weighted by molar-refractivity contribution is 5.84. The summed E-state index contributed by atoms with van der Waals surface area (Å²) >= 11 is 0. The molecular weight excluding hydrogens is 396 g/mol. The molecule has 0 aliphatic heterocycles. The summed E-state index contributed by atoms with van der Waals surface area (Å²) in [4.78, 5) is 22.9. The van der Waals surface area contributed by atoms with E-state index in [1.54, 1.807) is 24.3 Å². The highest BCUT2D eigenvalue weighted by atomic mass is 16.4. The van der Waals surface area contributed by atoms with Crippen molar-refractivity contribution in [1.29, 1.82) is 0 Å². The third-order valence-electron chi connectivity index (χ3n) is 6.05. The Morgan fingerprint density at radius 3 is 2.68 bits per heavy atom. The second kappa shape index (κ2) is 12.6. The molecule has 1 aromatic rings. The third kappa shape index (κ3) is 8.11. The van der Waals surface area contributed by atoms with Crippen molar-refractivity contribution in [3.63, 3.8) is 0 Å². The predicted octanol–water partition coefficient (Wildman–Crippen LogP) is 3.80. The van der Waals surface area contributed by atoms with E-state index in [2.05, 4.69) is 0 Å². The average molecular weight is 433 g/mol. The molecule has 4 N–H and O–H groups in total. The first kappa shape index (κ1) is 25.1. The second-order valence-electron chi connectivity index (χ2n) is 8.64. The van der Waals surface area contributed by atoms with Gasteiger partial charge in [-0.05, 0) is 36.5 Å². The van der Waals surface area contributed by atoms with E-state index < -0.39 is 18.2 Å². The Morgan fingerprint density at radius 2 is 1.97 bits per heavy atom. The molecule has 0 bridgehead atoms. The minimum Gasteiger partial charge on any atom is -0.508 e. The standard InChI is InChI=1S/C25H36O6/c1-2-7-18-14-17(10-13-22(18)27)15-19(26)11-12-21-20(23(28)16-24(21)29)8-5-3-4-6-9-25(30)31/h10-14,19-21,24,26-27,29H,2-9,15-16H2,1H3,(H,30,31)/b12-11+/t19?,20-,21-,24-/m1/s1. The number of aromatic hydroxyl groups is 1. The highest BCUT2D eigenvalue weighted by Gasteiger charge is 2.39. The van der Waals surface area contributed by atoms with Gasteiger partial charge in [0, 0.05) is 31.1 Å². The Labute approximate surface area is 184 Å². The van der Waals surface area contributed by atoms with Crippen LogP contribution < -0.4 is 0 Å². The van der Waals surface area contributed by atoms with Crippen LogP contribution in [-0.4, -0.2) is 44.4 Å². The maximum Gasteiger partial charge on any atom is 0.303 e. The monoisotopic (exact) mass is 432 g/mol. The van der Waals surface area contributed by atoms with Crippen LogP contribution in [-0.2, 0) is 22.4 Å². The van der Waals surface area contributed by atoms with Gasteiger partial charge in [0.05, 0.1) is 12.2 Å². The summed E-state index contributed by atoms with van der Waals surface area (Å²) in [7, 11) is 0. The summed E-state index contributed by atoms with van der Waals surface area (Å²) in [5.74, 6) is -0.995. The number of Topliss-reactive ketones (excluding diaryl/α,β-unsaturated/α-hetero) is 1. The van der Waals surface area contributed by atoms with E-state index in [-0.39, 0.29) is 36.2 Å². The number of unbranched alkanes of at least 4 members (excludes halogenated alkanes) is 3. The number of phenolic OH excluding ortho intramolecular Hbond substituents is 1. The summed E-state index contributed by atoms with van der Waals surface area (Å²) in [6.45, 7) is 2.05. The van der Waals surface area contributed by atoms with E-state index in [4.69, 9.17) is 5.11 Å². The summed E-state index contributed by atoms with van der Waals surface area (Å²) in [5.41, 5.74) is 1.80. The van der Waals surface area contributed by atoms with E-state index in [1.165, 1.54) is 0 Å². The third-order valence-corrected chi connectivity index (χ3v) is 6.05. The Bertz CT molecular complexity index is 756. The number of hydrogen-bond acceptors (Lipinski definition) is 5. The number of ketones is 1. The molecule has 6 nitrogen and oxygen atoms in total. The van der Waals surface area contributed by atoms with Crippen LogP contribution in [0.2, 0.25) is 0 Å². The SMILES string of the molecule is CCCc1cc(CC(O)/C=C/[C@H]2[C@H](O)CC(=O)[C@@H]2CCCCCCC(=O)O)ccc1O. The zero-order chi connectivity index (χ0) is 22.8. The minimum absolute atomic E-state index is 0.0601. The van der Waals surface area contributed by atoms with Crippen LogP contribution in [0.3, 0.4) is 0 Å². The van der Waals surface area contributed by atoms with Crippen LogP contribution in [0, 0.1) is 11.8 Å². The normalized spacial score (nSPS) is 22.3. The van der Waals surface area contributed by atoms with Gasteiger partial charge in [-0.2, -0.15) is 0 Å². The van der Waals surface area contributed by atoms with Crippen molar-refractivity contribution in [2.75, 3.05) is 0 Å². The van der Waals surface area contributed by atoms with Crippen molar-refractivity contribution >= 4 is 11.8 Å². The van der Waals surface area contributed by atoms with Crippen molar-refractivity contribution < 1.29 is 30.0 Å². The Kier molecular flexibility index (Phi) is 10.2. The highest BCUT2D eigenvalue weighted by Crippen LogP contribution is 2.34. The van der Waals surface area contributed by atoms with Crippen LogP contribution in [0.4, 0.5) is 0 Å². The molecule has 1 aromatic carbocycles. The molecule has 6 heteroatoms. The zero-order valence-corrected chi connectivity index (χ0v) is 18.4. The van der Waals surface area contributed by atoms with Gasteiger partial charge in [0.2, 0.25) is 0 Å². The number of aliphatic hydroxyl groups excluding tert-OH is 2. The van der Waals surface area contributed by atoms with Gasteiger partial charge in [0.15, 0.2) is 0 Å². The molecule has 31 heavy (non-hydrogen) atoms. The van der Waals surface area contributed by atoms with Crippen molar-refractivity contribution in [2.45, 2.75) is 83.3 Å². The number of carbonyl (C=O) groups excluding carboxylic acids is 1. The lowest BCUT2D eigenvalue weighted by Crippen LogP contribution is -2.19. The van der Waals surface area contributed by atoms with E-state index in [9.17, 15) is 24.9 Å². The molecule has 1 fully saturated rings. The molecule has 0 amide bonds. The molecule has 1 aliphatic rings. The molecular formula is C25H36O6. The van der Waals surface area contributed by atoms with Gasteiger partial charge in [0.1, 0.15) is 11.5 Å². The zero-order valence-electron chi connectivity index (χ0n) is 18.4. The van der Waals surface area contributed by atoms with Crippen molar-refractivity contribution in [1.82, 2.24) is 0 Å². The molecule has 0 spiro atoms. The second-order valence-corrected chi connectivity index (χ2v) is 8.64. The molecule has 2 rings (SSSR count). The molecule has 0 saturated heterocycles. The minimum atomic E-state index is -0.785. The predicted molar refractivity (Wildman–Crippen MR) is 119 cm³/mol. The number of carbonyl (C=O) groups is 2. The first-order chi connectivity index (χ1) is 14.8. The van der Waals surface area contributed by atoms with Gasteiger partial charge in [-0.15, -0.1) is 0 Å². The van der Waals surface area contributed by atoms with Crippen LogP contribution in [0.15, 0.2) is 30.4 Å². The molecule has 4 atom stereocenters. The first-order valence-electron chi connectivity index (χ1n) is 11.4. The number of aliphatic carboxylic acids is 1. The van der Waals surface area contributed by atoms with E-state index in [0.717, 1.165) is 43.2 Å². The maximum absolute atomic E-state index is 12.3. The molecule has 0 heterocycles. The molecule has 172 valence electrons. The number of aryl methyl sites for hydroxylation is 1. The van der Waals surface area contributed by atoms with E-state index in [1.807, 2.05) is 13.0 Å². The number of aliphatic hydroxyl groups is 2. The molecule has 1 saturated carbocycles. The van der Waals surface area contributed by atoms with Crippen LogP contribution in [0.5, 0.6) is 5.75 Å². The van der Waals surface area contributed by atoms with Gasteiger partial charge < -0.3 is 20.4 Å². The first-order valence-corrected chi connectivity index (χ1v) is 11.4. The summed E-state index contributed by atoms with van der Waals surface area (Å²) in [5, 5.41) is 39.3. The van der Waals surface area contributed by atoms with Crippen molar-refractivity contribution in [3.8, 4) is 5.75 Å². The molecule has 1 unspecified atom stereocenters. The number of phenols is 1. The number of carboxylic acid groups (broad SMARTS) is 1. The fraction of sp³-hybridized carbons (Fsp3) is 0.600. The quantitative estimate of drug-likeness (QED) is 0.278. The number of rotatable bonds is 13. The maximum atomic E-state index is 12.3. The van der Waals surface area contributed by atoms with Gasteiger partial charge in [-0.1, -0.05) is 56.9 Å².